The Balaban J connectivity index is 1.18. The van der Waals surface area contributed by atoms with E-state index in [-0.39, 0.29) is 0 Å². The summed E-state index contributed by atoms with van der Waals surface area (Å²) in [6.45, 7) is 3.50. The van der Waals surface area contributed by atoms with Gasteiger partial charge >= 0.3 is 0 Å². The predicted molar refractivity (Wildman–Crippen MR) is 101 cm³/mol. The van der Waals surface area contributed by atoms with E-state index >= 15 is 0 Å². The summed E-state index contributed by atoms with van der Waals surface area (Å²) in [5.41, 5.74) is 3.84. The first kappa shape index (κ1) is 15.2. The lowest BCUT2D eigenvalue weighted by Gasteiger charge is -2.19. The van der Waals surface area contributed by atoms with Crippen LogP contribution in [0.4, 0.5) is 0 Å². The van der Waals surface area contributed by atoms with Gasteiger partial charge in [-0.05, 0) is 48.3 Å². The van der Waals surface area contributed by atoms with Crippen LogP contribution in [0.25, 0.3) is 11.0 Å². The number of para-hydroxylation sites is 2. The number of benzene rings is 2. The second-order valence-electron chi connectivity index (χ2n) is 7.79. The molecule has 1 saturated carbocycles. The average molecular weight is 331 g/mol. The first-order valence-corrected chi connectivity index (χ1v) is 9.46. The van der Waals surface area contributed by atoms with Crippen LogP contribution in [0.5, 0.6) is 0 Å². The van der Waals surface area contributed by atoms with E-state index < -0.39 is 0 Å². The number of hydrogen-bond donors (Lipinski definition) is 0. The van der Waals surface area contributed by atoms with Crippen molar-refractivity contribution in [2.45, 2.75) is 19.4 Å². The van der Waals surface area contributed by atoms with Gasteiger partial charge in [0.25, 0.3) is 0 Å². The third-order valence-electron chi connectivity index (χ3n) is 6.30. The van der Waals surface area contributed by atoms with Gasteiger partial charge < -0.3 is 4.57 Å². The highest BCUT2D eigenvalue weighted by Crippen LogP contribution is 2.54. The van der Waals surface area contributed by atoms with Crippen LogP contribution in [0.2, 0.25) is 0 Å². The van der Waals surface area contributed by atoms with Crippen molar-refractivity contribution in [3.8, 4) is 0 Å². The zero-order valence-electron chi connectivity index (χ0n) is 14.8. The highest BCUT2D eigenvalue weighted by Gasteiger charge is 2.54. The molecule has 1 aliphatic heterocycles. The number of aromatic nitrogens is 2. The molecule has 3 aromatic rings. The highest BCUT2D eigenvalue weighted by atomic mass is 15.2. The molecule has 1 aliphatic carbocycles. The van der Waals surface area contributed by atoms with Crippen molar-refractivity contribution in [2.75, 3.05) is 13.1 Å². The van der Waals surface area contributed by atoms with Crippen molar-refractivity contribution in [3.63, 3.8) is 0 Å². The molecule has 2 heterocycles. The van der Waals surface area contributed by atoms with Gasteiger partial charge in [0.1, 0.15) is 5.82 Å². The summed E-state index contributed by atoms with van der Waals surface area (Å²) >= 11 is 0. The van der Waals surface area contributed by atoms with Gasteiger partial charge in [0.15, 0.2) is 0 Å². The normalized spacial score (nSPS) is 25.4. The van der Waals surface area contributed by atoms with Crippen molar-refractivity contribution in [3.05, 3.63) is 66.0 Å². The van der Waals surface area contributed by atoms with E-state index in [0.717, 1.165) is 29.8 Å². The number of imidazole rings is 1. The number of likely N-dealkylation sites (tertiary alicyclic amines) is 1. The summed E-state index contributed by atoms with van der Waals surface area (Å²) < 4.78 is 2.26. The predicted octanol–water partition coefficient (Wildman–Crippen LogP) is 3.88. The molecule has 2 atom stereocenters. The average Bonchev–Trinajstić information content (AvgIpc) is 2.97. The standard InChI is InChI=1S/C22H25N3/c1-24-21-10-6-5-9-20(21)23-22(24)15-25-13-18-17(19(18)14-25)12-11-16-7-3-2-4-8-16/h2-10,17-19H,11-15H2,1H3. The number of rotatable bonds is 5. The minimum Gasteiger partial charge on any atom is -0.330 e. The fourth-order valence-electron chi connectivity index (χ4n) is 4.81. The molecule has 3 heteroatoms. The molecule has 2 unspecified atom stereocenters. The van der Waals surface area contributed by atoms with E-state index in [4.69, 9.17) is 4.98 Å². The molecule has 2 aromatic carbocycles. The summed E-state index contributed by atoms with van der Waals surface area (Å²) in [4.78, 5) is 7.44. The molecular formula is C22H25N3. The van der Waals surface area contributed by atoms with Gasteiger partial charge in [-0.25, -0.2) is 4.98 Å². The Morgan fingerprint density at radius 2 is 1.68 bits per heavy atom. The van der Waals surface area contributed by atoms with E-state index in [0.29, 0.717) is 0 Å². The van der Waals surface area contributed by atoms with Crippen LogP contribution < -0.4 is 0 Å². The molecule has 0 bridgehead atoms. The summed E-state index contributed by atoms with van der Waals surface area (Å²) in [6.07, 6.45) is 2.60. The van der Waals surface area contributed by atoms with Crippen molar-refractivity contribution in [2.24, 2.45) is 24.8 Å². The highest BCUT2D eigenvalue weighted by molar-refractivity contribution is 5.75. The summed E-state index contributed by atoms with van der Waals surface area (Å²) in [6, 6.07) is 19.4. The van der Waals surface area contributed by atoms with Crippen LogP contribution in [-0.2, 0) is 20.0 Å². The zero-order valence-corrected chi connectivity index (χ0v) is 14.8. The van der Waals surface area contributed by atoms with Crippen LogP contribution in [0.3, 0.4) is 0 Å². The maximum Gasteiger partial charge on any atom is 0.123 e. The number of aryl methyl sites for hydroxylation is 2. The van der Waals surface area contributed by atoms with E-state index in [9.17, 15) is 0 Å². The molecule has 5 rings (SSSR count). The summed E-state index contributed by atoms with van der Waals surface area (Å²) in [5.74, 6) is 4.01. The van der Waals surface area contributed by atoms with Crippen molar-refractivity contribution in [1.29, 1.82) is 0 Å². The third-order valence-corrected chi connectivity index (χ3v) is 6.30. The van der Waals surface area contributed by atoms with E-state index in [1.54, 1.807) is 0 Å². The molecule has 3 nitrogen and oxygen atoms in total. The van der Waals surface area contributed by atoms with Gasteiger partial charge in [-0.3, -0.25) is 4.90 Å². The Morgan fingerprint density at radius 3 is 2.44 bits per heavy atom. The second-order valence-corrected chi connectivity index (χ2v) is 7.79. The first-order chi connectivity index (χ1) is 12.3. The Hall–Kier alpha value is -2.13. The van der Waals surface area contributed by atoms with Crippen LogP contribution in [0, 0.1) is 17.8 Å². The molecule has 25 heavy (non-hydrogen) atoms. The minimum atomic E-state index is 0.929. The Morgan fingerprint density at radius 1 is 0.960 bits per heavy atom. The van der Waals surface area contributed by atoms with Gasteiger partial charge in [-0.15, -0.1) is 0 Å². The fourth-order valence-corrected chi connectivity index (χ4v) is 4.81. The maximum atomic E-state index is 4.83. The lowest BCUT2D eigenvalue weighted by Crippen LogP contribution is -2.25. The Bertz CT molecular complexity index is 871. The molecular weight excluding hydrogens is 306 g/mol. The molecule has 2 fully saturated rings. The van der Waals surface area contributed by atoms with Gasteiger partial charge in [-0.2, -0.15) is 0 Å². The number of piperidine rings is 1. The molecule has 1 aromatic heterocycles. The number of hydrogen-bond acceptors (Lipinski definition) is 2. The third kappa shape index (κ3) is 2.77. The first-order valence-electron chi connectivity index (χ1n) is 9.46. The van der Waals surface area contributed by atoms with Crippen LogP contribution in [-0.4, -0.2) is 27.5 Å². The summed E-state index contributed by atoms with van der Waals surface area (Å²) in [7, 11) is 2.14. The lowest BCUT2D eigenvalue weighted by atomic mass is 10.1. The van der Waals surface area contributed by atoms with Crippen molar-refractivity contribution in [1.82, 2.24) is 14.5 Å². The topological polar surface area (TPSA) is 21.1 Å². The summed E-state index contributed by atoms with van der Waals surface area (Å²) in [5, 5.41) is 0. The molecule has 128 valence electrons. The maximum absolute atomic E-state index is 4.83. The van der Waals surface area contributed by atoms with Crippen molar-refractivity contribution >= 4 is 11.0 Å². The lowest BCUT2D eigenvalue weighted by molar-refractivity contribution is 0.266. The molecule has 0 spiro atoms. The van der Waals surface area contributed by atoms with Gasteiger partial charge in [0.2, 0.25) is 0 Å². The number of fused-ring (bicyclic) bond motifs is 2. The van der Waals surface area contributed by atoms with E-state index in [2.05, 4.69) is 71.1 Å². The van der Waals surface area contributed by atoms with Crippen LogP contribution in [0.15, 0.2) is 54.6 Å². The molecule has 1 saturated heterocycles. The Kier molecular flexibility index (Phi) is 3.63. The SMILES string of the molecule is Cn1c(CN2CC3C(CCc4ccccc4)C3C2)nc2ccccc21. The molecule has 0 N–H and O–H groups in total. The number of nitrogens with zero attached hydrogens (tertiary/aromatic N) is 3. The smallest absolute Gasteiger partial charge is 0.123 e. The molecule has 2 aliphatic rings. The zero-order chi connectivity index (χ0) is 16.8. The van der Waals surface area contributed by atoms with Gasteiger partial charge in [-0.1, -0.05) is 42.5 Å². The second kappa shape index (κ2) is 5.99. The van der Waals surface area contributed by atoms with Crippen LogP contribution in [0.1, 0.15) is 17.8 Å². The Labute approximate surface area is 149 Å². The van der Waals surface area contributed by atoms with Gasteiger partial charge in [0, 0.05) is 20.1 Å². The van der Waals surface area contributed by atoms with Crippen molar-refractivity contribution < 1.29 is 0 Å². The largest absolute Gasteiger partial charge is 0.330 e. The van der Waals surface area contributed by atoms with Crippen LogP contribution >= 0.6 is 0 Å². The monoisotopic (exact) mass is 331 g/mol. The molecule has 0 amide bonds. The van der Waals surface area contributed by atoms with E-state index in [1.807, 2.05) is 0 Å². The van der Waals surface area contributed by atoms with Gasteiger partial charge in [0.05, 0.1) is 17.6 Å². The van der Waals surface area contributed by atoms with E-state index in [1.165, 1.54) is 42.8 Å². The molecule has 0 radical (unpaired) electrons. The quantitative estimate of drug-likeness (QED) is 0.707. The minimum absolute atomic E-state index is 0.929. The fraction of sp³-hybridized carbons (Fsp3) is 0.409.